The third-order valence-corrected chi connectivity index (χ3v) is 2.29. The van der Waals surface area contributed by atoms with Crippen LogP contribution in [0.4, 0.5) is 4.39 Å². The summed E-state index contributed by atoms with van der Waals surface area (Å²) >= 11 is 16.3. The van der Waals surface area contributed by atoms with Gasteiger partial charge in [0.25, 0.3) is 0 Å². The average molecular weight is 241 g/mol. The molecule has 0 heterocycles. The molecule has 0 atom stereocenters. The smallest absolute Gasteiger partial charge is 0.182 e. The SMILES string of the molecule is O=C(CCl)c1c(Cl)ccc(Cl)c1F. The Bertz CT molecular complexity index is 351. The van der Waals surface area contributed by atoms with Gasteiger partial charge in [0, 0.05) is 0 Å². The Morgan fingerprint density at radius 2 is 1.85 bits per heavy atom. The van der Waals surface area contributed by atoms with Crippen LogP contribution in [-0.4, -0.2) is 11.7 Å². The molecule has 1 rings (SSSR count). The lowest BCUT2D eigenvalue weighted by molar-refractivity contribution is 0.101. The average Bonchev–Trinajstić information content (AvgIpc) is 2.12. The largest absolute Gasteiger partial charge is 0.293 e. The van der Waals surface area contributed by atoms with Gasteiger partial charge >= 0.3 is 0 Å². The van der Waals surface area contributed by atoms with Crippen LogP contribution in [0.15, 0.2) is 12.1 Å². The fraction of sp³-hybridized carbons (Fsp3) is 0.125. The molecule has 5 heteroatoms. The molecule has 0 aromatic heterocycles. The predicted octanol–water partition coefficient (Wildman–Crippen LogP) is 3.55. The van der Waals surface area contributed by atoms with Crippen molar-refractivity contribution < 1.29 is 9.18 Å². The van der Waals surface area contributed by atoms with Crippen LogP contribution < -0.4 is 0 Å². The number of halogens is 4. The molecule has 0 N–H and O–H groups in total. The van der Waals surface area contributed by atoms with Gasteiger partial charge in [-0.2, -0.15) is 0 Å². The van der Waals surface area contributed by atoms with Gasteiger partial charge in [-0.15, -0.1) is 11.6 Å². The van der Waals surface area contributed by atoms with Crippen LogP contribution in [0, 0.1) is 5.82 Å². The second-order valence-electron chi connectivity index (χ2n) is 2.27. The summed E-state index contributed by atoms with van der Waals surface area (Å²) in [7, 11) is 0. The maximum atomic E-state index is 13.2. The number of hydrogen-bond acceptors (Lipinski definition) is 1. The molecular formula is C8H4Cl3FO. The Morgan fingerprint density at radius 1 is 1.31 bits per heavy atom. The van der Waals surface area contributed by atoms with Crippen molar-refractivity contribution in [1.29, 1.82) is 0 Å². The van der Waals surface area contributed by atoms with Crippen molar-refractivity contribution in [2.45, 2.75) is 0 Å². The fourth-order valence-corrected chi connectivity index (χ4v) is 1.39. The monoisotopic (exact) mass is 240 g/mol. The number of rotatable bonds is 2. The van der Waals surface area contributed by atoms with Gasteiger partial charge in [-0.3, -0.25) is 4.79 Å². The zero-order valence-electron chi connectivity index (χ0n) is 6.28. The molecule has 0 aliphatic heterocycles. The number of ketones is 1. The molecule has 0 saturated carbocycles. The molecule has 0 spiro atoms. The number of carbonyl (C=O) groups excluding carboxylic acids is 1. The minimum atomic E-state index is -0.820. The highest BCUT2D eigenvalue weighted by Crippen LogP contribution is 2.25. The molecule has 0 amide bonds. The maximum absolute atomic E-state index is 13.2. The molecule has 0 bridgehead atoms. The lowest BCUT2D eigenvalue weighted by atomic mass is 10.1. The van der Waals surface area contributed by atoms with Crippen LogP contribution in [0.3, 0.4) is 0 Å². The van der Waals surface area contributed by atoms with Crippen molar-refractivity contribution in [3.05, 3.63) is 33.6 Å². The zero-order chi connectivity index (χ0) is 10.0. The summed E-state index contributed by atoms with van der Waals surface area (Å²) in [6.07, 6.45) is 0. The highest BCUT2D eigenvalue weighted by atomic mass is 35.5. The van der Waals surface area contributed by atoms with Crippen molar-refractivity contribution in [3.8, 4) is 0 Å². The number of Topliss-reactive ketones (excluding diaryl/α,β-unsaturated/α-hetero) is 1. The van der Waals surface area contributed by atoms with Crippen LogP contribution in [0.5, 0.6) is 0 Å². The highest BCUT2D eigenvalue weighted by Gasteiger charge is 2.17. The molecule has 1 nitrogen and oxygen atoms in total. The van der Waals surface area contributed by atoms with Crippen LogP contribution in [0.2, 0.25) is 10.0 Å². The Balaban J connectivity index is 3.33. The molecule has 0 aliphatic carbocycles. The Morgan fingerprint density at radius 3 is 2.38 bits per heavy atom. The molecule has 0 unspecified atom stereocenters. The van der Waals surface area contributed by atoms with Crippen molar-refractivity contribution in [3.63, 3.8) is 0 Å². The molecule has 0 radical (unpaired) electrons. The van der Waals surface area contributed by atoms with Crippen LogP contribution in [-0.2, 0) is 0 Å². The molecular weight excluding hydrogens is 237 g/mol. The number of carbonyl (C=O) groups is 1. The van der Waals surface area contributed by atoms with Crippen LogP contribution in [0.1, 0.15) is 10.4 Å². The molecule has 70 valence electrons. The van der Waals surface area contributed by atoms with Crippen molar-refractivity contribution in [2.75, 3.05) is 5.88 Å². The summed E-state index contributed by atoms with van der Waals surface area (Å²) in [5.74, 6) is -1.72. The quantitative estimate of drug-likeness (QED) is 0.440. The Kier molecular flexibility index (Phi) is 3.54. The van der Waals surface area contributed by atoms with E-state index in [4.69, 9.17) is 34.8 Å². The molecule has 0 aliphatic rings. The van der Waals surface area contributed by atoms with E-state index in [0.717, 1.165) is 0 Å². The van der Waals surface area contributed by atoms with E-state index in [1.807, 2.05) is 0 Å². The summed E-state index contributed by atoms with van der Waals surface area (Å²) in [4.78, 5) is 11.1. The van der Waals surface area contributed by atoms with E-state index in [2.05, 4.69) is 0 Å². The molecule has 0 fully saturated rings. The van der Waals surface area contributed by atoms with Gasteiger partial charge in [0.05, 0.1) is 21.5 Å². The first-order valence-corrected chi connectivity index (χ1v) is 4.59. The molecule has 1 aromatic carbocycles. The third-order valence-electron chi connectivity index (χ3n) is 1.44. The molecule has 0 saturated heterocycles. The summed E-state index contributed by atoms with van der Waals surface area (Å²) < 4.78 is 13.2. The number of hydrogen-bond donors (Lipinski definition) is 0. The summed E-state index contributed by atoms with van der Waals surface area (Å²) in [6.45, 7) is 0. The van der Waals surface area contributed by atoms with E-state index in [1.54, 1.807) is 0 Å². The Hall–Kier alpha value is -0.310. The first-order valence-electron chi connectivity index (χ1n) is 3.30. The highest BCUT2D eigenvalue weighted by molar-refractivity contribution is 6.38. The van der Waals surface area contributed by atoms with Gasteiger partial charge in [-0.1, -0.05) is 23.2 Å². The minimum Gasteiger partial charge on any atom is -0.293 e. The van der Waals surface area contributed by atoms with Gasteiger partial charge in [0.1, 0.15) is 0 Å². The lowest BCUT2D eigenvalue weighted by Gasteiger charge is -2.03. The summed E-state index contributed by atoms with van der Waals surface area (Å²) in [5.41, 5.74) is -0.246. The van der Waals surface area contributed by atoms with Crippen molar-refractivity contribution in [2.24, 2.45) is 0 Å². The summed E-state index contributed by atoms with van der Waals surface area (Å²) in [5, 5.41) is -0.120. The predicted molar refractivity (Wildman–Crippen MR) is 51.5 cm³/mol. The number of benzene rings is 1. The van der Waals surface area contributed by atoms with Crippen LogP contribution in [0.25, 0.3) is 0 Å². The standard InChI is InChI=1S/C8H4Cl3FO/c9-3-6(13)7-4(10)1-2-5(11)8(7)12/h1-2H,3H2. The van der Waals surface area contributed by atoms with Gasteiger partial charge in [-0.05, 0) is 12.1 Å². The van der Waals surface area contributed by atoms with E-state index in [-0.39, 0.29) is 21.5 Å². The van der Waals surface area contributed by atoms with Gasteiger partial charge < -0.3 is 0 Å². The van der Waals surface area contributed by atoms with Crippen molar-refractivity contribution in [1.82, 2.24) is 0 Å². The van der Waals surface area contributed by atoms with E-state index in [9.17, 15) is 9.18 Å². The topological polar surface area (TPSA) is 17.1 Å². The second kappa shape index (κ2) is 4.27. The zero-order valence-corrected chi connectivity index (χ0v) is 8.55. The lowest BCUT2D eigenvalue weighted by Crippen LogP contribution is -2.05. The summed E-state index contributed by atoms with van der Waals surface area (Å²) in [6, 6.07) is 2.64. The first-order chi connectivity index (χ1) is 6.07. The van der Waals surface area contributed by atoms with E-state index in [0.29, 0.717) is 0 Å². The molecule has 13 heavy (non-hydrogen) atoms. The third kappa shape index (κ3) is 2.13. The second-order valence-corrected chi connectivity index (χ2v) is 3.36. The van der Waals surface area contributed by atoms with Gasteiger partial charge in [-0.25, -0.2) is 4.39 Å². The molecule has 1 aromatic rings. The van der Waals surface area contributed by atoms with Gasteiger partial charge in [0.15, 0.2) is 11.6 Å². The minimum absolute atomic E-state index is 0.0209. The first kappa shape index (κ1) is 10.8. The Labute approximate surface area is 89.4 Å². The maximum Gasteiger partial charge on any atom is 0.182 e. The number of alkyl halides is 1. The van der Waals surface area contributed by atoms with E-state index in [1.165, 1.54) is 12.1 Å². The normalized spacial score (nSPS) is 10.2. The van der Waals surface area contributed by atoms with Gasteiger partial charge in [0.2, 0.25) is 0 Å². The van der Waals surface area contributed by atoms with E-state index >= 15 is 0 Å². The van der Waals surface area contributed by atoms with Crippen LogP contribution >= 0.6 is 34.8 Å². The van der Waals surface area contributed by atoms with E-state index < -0.39 is 11.6 Å². The fourth-order valence-electron chi connectivity index (χ4n) is 0.849. The van der Waals surface area contributed by atoms with Crippen molar-refractivity contribution >= 4 is 40.6 Å².